The monoisotopic (exact) mass is 330 g/mol. The molecular weight excluding hydrogens is 312 g/mol. The van der Waals surface area contributed by atoms with Crippen molar-refractivity contribution >= 4 is 33.2 Å². The van der Waals surface area contributed by atoms with E-state index in [0.29, 0.717) is 6.04 Å². The van der Waals surface area contributed by atoms with Gasteiger partial charge in [0, 0.05) is 41.7 Å². The summed E-state index contributed by atoms with van der Waals surface area (Å²) in [5.74, 6) is 0. The molecule has 0 saturated carbocycles. The van der Waals surface area contributed by atoms with Crippen LogP contribution in [0, 0.1) is 0 Å². The molecule has 1 aliphatic heterocycles. The second-order valence-corrected chi connectivity index (χ2v) is 5.83. The van der Waals surface area contributed by atoms with Crippen LogP contribution in [-0.4, -0.2) is 37.1 Å². The zero-order valence-corrected chi connectivity index (χ0v) is 13.3. The molecule has 1 atom stereocenters. The molecule has 4 heteroatoms. The third-order valence-electron chi connectivity index (χ3n) is 3.70. The maximum atomic E-state index is 6.13. The summed E-state index contributed by atoms with van der Waals surface area (Å²) in [4.78, 5) is 4.98. The molecule has 0 N–H and O–H groups in total. The average Bonchev–Trinajstić information content (AvgIpc) is 2.38. The quantitative estimate of drug-likeness (QED) is 0.778. The van der Waals surface area contributed by atoms with Crippen molar-refractivity contribution in [3.05, 3.63) is 28.8 Å². The molecule has 2 nitrogen and oxygen atoms in total. The Hall–Kier alpha value is -0.250. The first kappa shape index (κ1) is 14.2. The van der Waals surface area contributed by atoms with Gasteiger partial charge in [-0.2, -0.15) is 0 Å². The molecule has 0 radical (unpaired) electrons. The van der Waals surface area contributed by atoms with Gasteiger partial charge in [0.25, 0.3) is 0 Å². The Morgan fingerprint density at radius 1 is 1.39 bits per heavy atom. The summed E-state index contributed by atoms with van der Waals surface area (Å²) in [6.07, 6.45) is 0. The Morgan fingerprint density at radius 3 is 2.78 bits per heavy atom. The van der Waals surface area contributed by atoms with Crippen LogP contribution >= 0.6 is 27.5 Å². The minimum atomic E-state index is 0.603. The molecule has 0 aromatic heterocycles. The topological polar surface area (TPSA) is 6.48 Å². The number of benzene rings is 1. The smallest absolute Gasteiger partial charge is 0.0426 e. The lowest BCUT2D eigenvalue weighted by atomic mass is 10.1. The molecule has 1 aromatic rings. The van der Waals surface area contributed by atoms with Crippen molar-refractivity contribution in [2.45, 2.75) is 25.2 Å². The Balaban J connectivity index is 2.19. The number of alkyl halides is 1. The number of rotatable bonds is 3. The first-order chi connectivity index (χ1) is 8.65. The normalized spacial score (nSPS) is 21.3. The molecule has 0 amide bonds. The molecule has 0 spiro atoms. The van der Waals surface area contributed by atoms with Crippen LogP contribution in [0.5, 0.6) is 0 Å². The summed E-state index contributed by atoms with van der Waals surface area (Å²) in [7, 11) is 0. The Kier molecular flexibility index (Phi) is 4.93. The number of halogens is 2. The van der Waals surface area contributed by atoms with Crippen LogP contribution in [-0.2, 0) is 5.33 Å². The lowest BCUT2D eigenvalue weighted by Crippen LogP contribution is -2.51. The fraction of sp³-hybridized carbons (Fsp3) is 0.571. The lowest BCUT2D eigenvalue weighted by molar-refractivity contribution is 0.199. The average molecular weight is 332 g/mol. The molecule has 0 bridgehead atoms. The van der Waals surface area contributed by atoms with Gasteiger partial charge < -0.3 is 4.90 Å². The van der Waals surface area contributed by atoms with Crippen molar-refractivity contribution in [1.82, 2.24) is 4.90 Å². The minimum Gasteiger partial charge on any atom is -0.368 e. The zero-order valence-electron chi connectivity index (χ0n) is 11.0. The van der Waals surface area contributed by atoms with Gasteiger partial charge in [0.15, 0.2) is 0 Å². The summed E-state index contributed by atoms with van der Waals surface area (Å²) in [6.45, 7) is 8.96. The first-order valence-electron chi connectivity index (χ1n) is 6.49. The second-order valence-electron chi connectivity index (χ2n) is 4.83. The molecule has 1 unspecified atom stereocenters. The van der Waals surface area contributed by atoms with Gasteiger partial charge in [-0.05, 0) is 31.2 Å². The van der Waals surface area contributed by atoms with Crippen molar-refractivity contribution < 1.29 is 0 Å². The van der Waals surface area contributed by atoms with Crippen molar-refractivity contribution in [1.29, 1.82) is 0 Å². The van der Waals surface area contributed by atoms with E-state index in [2.05, 4.69) is 51.7 Å². The highest BCUT2D eigenvalue weighted by Crippen LogP contribution is 2.28. The molecule has 18 heavy (non-hydrogen) atoms. The predicted octanol–water partition coefficient (Wildman–Crippen LogP) is 3.77. The third kappa shape index (κ3) is 3.01. The van der Waals surface area contributed by atoms with Crippen molar-refractivity contribution in [2.24, 2.45) is 0 Å². The number of nitrogens with zero attached hydrogens (tertiary/aromatic N) is 2. The highest BCUT2D eigenvalue weighted by Gasteiger charge is 2.23. The molecule has 1 aromatic carbocycles. The Labute approximate surface area is 123 Å². The maximum absolute atomic E-state index is 6.13. The van der Waals surface area contributed by atoms with E-state index in [1.54, 1.807) is 0 Å². The van der Waals surface area contributed by atoms with Crippen LogP contribution in [0.2, 0.25) is 5.02 Å². The molecular formula is C14H20BrClN2. The van der Waals surface area contributed by atoms with Crippen LogP contribution < -0.4 is 4.90 Å². The molecule has 1 heterocycles. The van der Waals surface area contributed by atoms with E-state index in [1.807, 2.05) is 6.07 Å². The lowest BCUT2D eigenvalue weighted by Gasteiger charge is -2.41. The highest BCUT2D eigenvalue weighted by atomic mass is 79.9. The Morgan fingerprint density at radius 2 is 2.17 bits per heavy atom. The van der Waals surface area contributed by atoms with E-state index in [0.717, 1.165) is 36.5 Å². The molecule has 1 fully saturated rings. The van der Waals surface area contributed by atoms with Gasteiger partial charge in [-0.3, -0.25) is 4.90 Å². The SMILES string of the molecule is CCN1CCN(c2cc(Cl)ccc2CBr)CC1C. The van der Waals surface area contributed by atoms with Gasteiger partial charge in [0.05, 0.1) is 0 Å². The zero-order chi connectivity index (χ0) is 13.1. The summed E-state index contributed by atoms with van der Waals surface area (Å²) in [5.41, 5.74) is 2.60. The van der Waals surface area contributed by atoms with E-state index in [1.165, 1.54) is 11.3 Å². The predicted molar refractivity (Wildman–Crippen MR) is 83.0 cm³/mol. The minimum absolute atomic E-state index is 0.603. The number of hydrogen-bond acceptors (Lipinski definition) is 2. The van der Waals surface area contributed by atoms with Crippen LogP contribution in [0.4, 0.5) is 5.69 Å². The van der Waals surface area contributed by atoms with Gasteiger partial charge in [0.1, 0.15) is 0 Å². The maximum Gasteiger partial charge on any atom is 0.0426 e. The molecule has 0 aliphatic carbocycles. The van der Waals surface area contributed by atoms with E-state index in [9.17, 15) is 0 Å². The summed E-state index contributed by atoms with van der Waals surface area (Å²) in [5, 5.41) is 1.70. The summed E-state index contributed by atoms with van der Waals surface area (Å²) in [6, 6.07) is 6.77. The summed E-state index contributed by atoms with van der Waals surface area (Å²) >= 11 is 9.69. The number of anilines is 1. The number of hydrogen-bond donors (Lipinski definition) is 0. The van der Waals surface area contributed by atoms with E-state index in [-0.39, 0.29) is 0 Å². The third-order valence-corrected chi connectivity index (χ3v) is 4.54. The van der Waals surface area contributed by atoms with Crippen molar-refractivity contribution in [2.75, 3.05) is 31.1 Å². The van der Waals surface area contributed by atoms with Crippen LogP contribution in [0.1, 0.15) is 19.4 Å². The van der Waals surface area contributed by atoms with Crippen LogP contribution in [0.25, 0.3) is 0 Å². The Bertz CT molecular complexity index is 411. The molecule has 100 valence electrons. The van der Waals surface area contributed by atoms with Crippen molar-refractivity contribution in [3.63, 3.8) is 0 Å². The molecule has 1 aliphatic rings. The van der Waals surface area contributed by atoms with E-state index >= 15 is 0 Å². The van der Waals surface area contributed by atoms with Gasteiger partial charge in [-0.15, -0.1) is 0 Å². The van der Waals surface area contributed by atoms with Crippen LogP contribution in [0.3, 0.4) is 0 Å². The van der Waals surface area contributed by atoms with Gasteiger partial charge in [-0.1, -0.05) is 40.5 Å². The number of likely N-dealkylation sites (N-methyl/N-ethyl adjacent to an activating group) is 1. The van der Waals surface area contributed by atoms with Crippen molar-refractivity contribution in [3.8, 4) is 0 Å². The van der Waals surface area contributed by atoms with Gasteiger partial charge >= 0.3 is 0 Å². The highest BCUT2D eigenvalue weighted by molar-refractivity contribution is 9.08. The fourth-order valence-corrected chi connectivity index (χ4v) is 3.27. The largest absolute Gasteiger partial charge is 0.368 e. The molecule has 1 saturated heterocycles. The summed E-state index contributed by atoms with van der Waals surface area (Å²) < 4.78 is 0. The fourth-order valence-electron chi connectivity index (χ4n) is 2.63. The standard InChI is InChI=1S/C14H20BrClN2/c1-3-17-6-7-18(10-11(17)2)14-8-13(16)5-4-12(14)9-15/h4-5,8,11H,3,6-7,9-10H2,1-2H3. The second kappa shape index (κ2) is 6.27. The number of piperazine rings is 1. The van der Waals surface area contributed by atoms with Gasteiger partial charge in [-0.25, -0.2) is 0 Å². The van der Waals surface area contributed by atoms with Gasteiger partial charge in [0.2, 0.25) is 0 Å². The molecule has 2 rings (SSSR count). The van der Waals surface area contributed by atoms with E-state index in [4.69, 9.17) is 11.6 Å². The first-order valence-corrected chi connectivity index (χ1v) is 7.99. The van der Waals surface area contributed by atoms with Crippen LogP contribution in [0.15, 0.2) is 18.2 Å². The van der Waals surface area contributed by atoms with E-state index < -0.39 is 0 Å².